The first-order valence-corrected chi connectivity index (χ1v) is 8.14. The molecule has 0 bridgehead atoms. The van der Waals surface area contributed by atoms with Crippen LogP contribution >= 0.6 is 11.3 Å². The number of rotatable bonds is 2. The van der Waals surface area contributed by atoms with E-state index in [1.165, 1.54) is 22.0 Å². The summed E-state index contributed by atoms with van der Waals surface area (Å²) < 4.78 is 6.74. The van der Waals surface area contributed by atoms with Crippen LogP contribution < -0.4 is 0 Å². The van der Waals surface area contributed by atoms with Crippen LogP contribution in [-0.4, -0.2) is 31.3 Å². The summed E-state index contributed by atoms with van der Waals surface area (Å²) in [4.78, 5) is 21.6. The molecule has 0 fully saturated rings. The lowest BCUT2D eigenvalue weighted by atomic mass is 10.2. The zero-order valence-electron chi connectivity index (χ0n) is 13.6. The SMILES string of the molecule is C=Cc1c(O)c2nc(-c3cccnc3)sc2n1C(=O)OC(C)(C)C. The lowest BCUT2D eigenvalue weighted by Crippen LogP contribution is -2.27. The van der Waals surface area contributed by atoms with Crippen molar-refractivity contribution >= 4 is 33.9 Å². The Labute approximate surface area is 143 Å². The van der Waals surface area contributed by atoms with Crippen LogP contribution in [0.25, 0.3) is 27.0 Å². The lowest BCUT2D eigenvalue weighted by molar-refractivity contribution is 0.0543. The summed E-state index contributed by atoms with van der Waals surface area (Å²) in [5, 5.41) is 11.1. The van der Waals surface area contributed by atoms with Crippen LogP contribution in [0.4, 0.5) is 4.79 Å². The molecule has 3 aromatic rings. The predicted octanol–water partition coefficient (Wildman–Crippen LogP) is 4.29. The van der Waals surface area contributed by atoms with Gasteiger partial charge in [0.05, 0.1) is 5.69 Å². The molecule has 0 saturated heterocycles. The van der Waals surface area contributed by atoms with Gasteiger partial charge in [0.25, 0.3) is 0 Å². The van der Waals surface area contributed by atoms with Gasteiger partial charge in [-0.3, -0.25) is 4.98 Å². The fraction of sp³-hybridized carbons (Fsp3) is 0.235. The van der Waals surface area contributed by atoms with Gasteiger partial charge in [-0.15, -0.1) is 0 Å². The molecule has 0 aliphatic carbocycles. The minimum Gasteiger partial charge on any atom is -0.504 e. The van der Waals surface area contributed by atoms with E-state index in [0.717, 1.165) is 5.56 Å². The van der Waals surface area contributed by atoms with E-state index in [-0.39, 0.29) is 11.4 Å². The van der Waals surface area contributed by atoms with Gasteiger partial charge in [-0.05, 0) is 39.0 Å². The van der Waals surface area contributed by atoms with E-state index in [9.17, 15) is 9.90 Å². The third-order valence-electron chi connectivity index (χ3n) is 3.20. The Kier molecular flexibility index (Phi) is 3.88. The fourth-order valence-corrected chi connectivity index (χ4v) is 3.31. The second-order valence-corrected chi connectivity index (χ2v) is 7.15. The summed E-state index contributed by atoms with van der Waals surface area (Å²) >= 11 is 1.28. The second kappa shape index (κ2) is 5.76. The van der Waals surface area contributed by atoms with Crippen molar-refractivity contribution in [1.82, 2.24) is 14.5 Å². The van der Waals surface area contributed by atoms with Crippen LogP contribution in [0.1, 0.15) is 26.5 Å². The maximum Gasteiger partial charge on any atom is 0.420 e. The van der Waals surface area contributed by atoms with Crippen molar-refractivity contribution in [3.63, 3.8) is 0 Å². The molecular weight excluding hydrogens is 326 g/mol. The highest BCUT2D eigenvalue weighted by Gasteiger charge is 2.27. The fourth-order valence-electron chi connectivity index (χ4n) is 2.24. The molecule has 0 radical (unpaired) electrons. The van der Waals surface area contributed by atoms with Crippen LogP contribution in [0.3, 0.4) is 0 Å². The van der Waals surface area contributed by atoms with E-state index in [0.29, 0.717) is 15.4 Å². The average Bonchev–Trinajstić information content (AvgIpc) is 3.05. The molecule has 124 valence electrons. The standard InChI is InChI=1S/C17H17N3O3S/c1-5-11-13(21)12-15(20(11)16(22)23-17(2,3)4)24-14(19-12)10-7-6-8-18-9-10/h5-9,21H,1H2,2-4H3. The molecule has 0 spiro atoms. The van der Waals surface area contributed by atoms with Crippen LogP contribution in [0.5, 0.6) is 5.75 Å². The van der Waals surface area contributed by atoms with Crippen LogP contribution in [0.2, 0.25) is 0 Å². The van der Waals surface area contributed by atoms with E-state index in [4.69, 9.17) is 4.74 Å². The quantitative estimate of drug-likeness (QED) is 0.751. The molecule has 7 heteroatoms. The summed E-state index contributed by atoms with van der Waals surface area (Å²) in [6, 6.07) is 3.67. The summed E-state index contributed by atoms with van der Waals surface area (Å²) in [6.07, 6.45) is 4.19. The largest absolute Gasteiger partial charge is 0.504 e. The Hall–Kier alpha value is -2.67. The van der Waals surface area contributed by atoms with Gasteiger partial charge in [0, 0.05) is 18.0 Å². The number of thiazole rings is 1. The number of fused-ring (bicyclic) bond motifs is 1. The van der Waals surface area contributed by atoms with E-state index in [2.05, 4.69) is 16.5 Å². The number of ether oxygens (including phenoxy) is 1. The molecule has 6 nitrogen and oxygen atoms in total. The Balaban J connectivity index is 2.18. The first kappa shape index (κ1) is 16.2. The number of hydrogen-bond acceptors (Lipinski definition) is 6. The summed E-state index contributed by atoms with van der Waals surface area (Å²) in [6.45, 7) is 9.02. The highest BCUT2D eigenvalue weighted by Crippen LogP contribution is 2.39. The monoisotopic (exact) mass is 343 g/mol. The van der Waals surface area contributed by atoms with Crippen LogP contribution in [0, 0.1) is 0 Å². The zero-order valence-corrected chi connectivity index (χ0v) is 14.4. The lowest BCUT2D eigenvalue weighted by Gasteiger charge is -2.20. The summed E-state index contributed by atoms with van der Waals surface area (Å²) in [5.74, 6) is -0.0859. The topological polar surface area (TPSA) is 77.2 Å². The molecule has 0 aliphatic heterocycles. The third-order valence-corrected chi connectivity index (χ3v) is 4.29. The zero-order chi connectivity index (χ0) is 17.5. The van der Waals surface area contributed by atoms with Gasteiger partial charge in [0.1, 0.15) is 21.0 Å². The molecule has 0 aliphatic rings. The predicted molar refractivity (Wildman–Crippen MR) is 94.2 cm³/mol. The summed E-state index contributed by atoms with van der Waals surface area (Å²) in [5.41, 5.74) is 0.780. The minimum atomic E-state index is -0.654. The number of pyridine rings is 1. The Morgan fingerprint density at radius 3 is 2.79 bits per heavy atom. The molecular formula is C17H17N3O3S. The molecule has 3 heterocycles. The van der Waals surface area contributed by atoms with Gasteiger partial charge in [-0.25, -0.2) is 14.3 Å². The van der Waals surface area contributed by atoms with Crippen molar-refractivity contribution in [1.29, 1.82) is 0 Å². The maximum atomic E-state index is 12.6. The van der Waals surface area contributed by atoms with E-state index in [1.807, 2.05) is 6.07 Å². The van der Waals surface area contributed by atoms with Gasteiger partial charge >= 0.3 is 6.09 Å². The second-order valence-electron chi connectivity index (χ2n) is 6.17. The van der Waals surface area contributed by atoms with Crippen molar-refractivity contribution in [3.05, 3.63) is 36.8 Å². The van der Waals surface area contributed by atoms with Crippen molar-refractivity contribution in [2.24, 2.45) is 0 Å². The molecule has 0 unspecified atom stereocenters. The first-order chi connectivity index (χ1) is 11.3. The van der Waals surface area contributed by atoms with Gasteiger partial charge in [0.15, 0.2) is 5.75 Å². The summed E-state index contributed by atoms with van der Waals surface area (Å²) in [7, 11) is 0. The minimum absolute atomic E-state index is 0.0859. The normalized spacial score (nSPS) is 11.6. The van der Waals surface area contributed by atoms with Crippen molar-refractivity contribution in [3.8, 4) is 16.3 Å². The van der Waals surface area contributed by atoms with Gasteiger partial charge in [0.2, 0.25) is 0 Å². The van der Waals surface area contributed by atoms with Crippen LogP contribution in [0.15, 0.2) is 31.1 Å². The van der Waals surface area contributed by atoms with E-state index < -0.39 is 11.7 Å². The number of carbonyl (C=O) groups is 1. The molecule has 3 aromatic heterocycles. The highest BCUT2D eigenvalue weighted by atomic mass is 32.1. The van der Waals surface area contributed by atoms with E-state index >= 15 is 0 Å². The van der Waals surface area contributed by atoms with E-state index in [1.54, 1.807) is 39.2 Å². The number of carbonyl (C=O) groups excluding carboxylic acids is 1. The first-order valence-electron chi connectivity index (χ1n) is 7.32. The molecule has 24 heavy (non-hydrogen) atoms. The van der Waals surface area contributed by atoms with Crippen molar-refractivity contribution < 1.29 is 14.6 Å². The molecule has 3 rings (SSSR count). The Morgan fingerprint density at radius 1 is 1.46 bits per heavy atom. The molecule has 0 aromatic carbocycles. The average molecular weight is 343 g/mol. The molecule has 0 saturated carbocycles. The Bertz CT molecular complexity index is 920. The number of nitrogens with zero attached hydrogens (tertiary/aromatic N) is 3. The number of hydrogen-bond donors (Lipinski definition) is 1. The Morgan fingerprint density at radius 2 is 2.21 bits per heavy atom. The van der Waals surface area contributed by atoms with Gasteiger partial charge in [-0.2, -0.15) is 0 Å². The smallest absolute Gasteiger partial charge is 0.420 e. The third kappa shape index (κ3) is 2.78. The van der Waals surface area contributed by atoms with Crippen LogP contribution in [-0.2, 0) is 4.74 Å². The highest BCUT2D eigenvalue weighted by molar-refractivity contribution is 7.21. The van der Waals surface area contributed by atoms with Crippen molar-refractivity contribution in [2.75, 3.05) is 0 Å². The number of aromatic hydroxyl groups is 1. The maximum absolute atomic E-state index is 12.6. The molecule has 0 amide bonds. The number of aromatic nitrogens is 3. The molecule has 0 atom stereocenters. The van der Waals surface area contributed by atoms with Gasteiger partial charge in [-0.1, -0.05) is 17.9 Å². The molecule has 1 N–H and O–H groups in total. The van der Waals surface area contributed by atoms with Gasteiger partial charge < -0.3 is 9.84 Å². The van der Waals surface area contributed by atoms with Crippen molar-refractivity contribution in [2.45, 2.75) is 26.4 Å².